The van der Waals surface area contributed by atoms with Crippen LogP contribution in [0.15, 0.2) is 4.99 Å². The number of nitrogens with one attached hydrogen (secondary N) is 2. The second-order valence-corrected chi connectivity index (χ2v) is 7.86. The highest BCUT2D eigenvalue weighted by Gasteiger charge is 2.32. The number of guanidine groups is 1. The molecule has 3 rings (SSSR count). The lowest BCUT2D eigenvalue weighted by Gasteiger charge is -2.35. The van der Waals surface area contributed by atoms with Crippen LogP contribution in [0.25, 0.3) is 0 Å². The topological polar surface area (TPSA) is 61.8 Å². The number of fused-ring (bicyclic) bond motifs is 1. The molecular formula is C17H29N5OS. The lowest BCUT2D eigenvalue weighted by Crippen LogP contribution is -2.51. The molecule has 1 aromatic rings. The number of morpholine rings is 1. The molecule has 2 unspecified atom stereocenters. The van der Waals surface area contributed by atoms with Crippen molar-refractivity contribution in [1.82, 2.24) is 20.5 Å². The van der Waals surface area contributed by atoms with Crippen LogP contribution in [0.4, 0.5) is 0 Å². The van der Waals surface area contributed by atoms with E-state index < -0.39 is 0 Å². The van der Waals surface area contributed by atoms with Crippen LogP contribution >= 0.6 is 11.3 Å². The number of aryl methyl sites for hydroxylation is 2. The van der Waals surface area contributed by atoms with Crippen LogP contribution in [-0.4, -0.2) is 60.8 Å². The third-order valence-electron chi connectivity index (χ3n) is 4.75. The highest BCUT2D eigenvalue weighted by molar-refractivity contribution is 7.11. The first-order valence-electron chi connectivity index (χ1n) is 8.96. The second-order valence-electron chi connectivity index (χ2n) is 6.57. The van der Waals surface area contributed by atoms with Gasteiger partial charge in [-0.2, -0.15) is 0 Å². The summed E-state index contributed by atoms with van der Waals surface area (Å²) >= 11 is 1.73. The van der Waals surface area contributed by atoms with Gasteiger partial charge in [-0.05, 0) is 40.2 Å². The SMILES string of the molecule is CCNC(=NCc1nc(C)c(C)s1)NCC1CN2CCCC2CO1. The Balaban J connectivity index is 1.50. The number of hydrogen-bond acceptors (Lipinski definition) is 5. The van der Waals surface area contributed by atoms with Crippen LogP contribution < -0.4 is 10.6 Å². The van der Waals surface area contributed by atoms with Crippen molar-refractivity contribution < 1.29 is 4.74 Å². The molecule has 2 fully saturated rings. The number of rotatable bonds is 5. The van der Waals surface area contributed by atoms with Gasteiger partial charge in [0.25, 0.3) is 0 Å². The zero-order chi connectivity index (χ0) is 16.9. The van der Waals surface area contributed by atoms with E-state index in [-0.39, 0.29) is 6.10 Å². The number of hydrogen-bond donors (Lipinski definition) is 2. The zero-order valence-corrected chi connectivity index (χ0v) is 15.8. The van der Waals surface area contributed by atoms with Crippen LogP contribution in [0.3, 0.4) is 0 Å². The van der Waals surface area contributed by atoms with E-state index in [4.69, 9.17) is 4.74 Å². The van der Waals surface area contributed by atoms with Crippen molar-refractivity contribution in [3.63, 3.8) is 0 Å². The van der Waals surface area contributed by atoms with Crippen molar-refractivity contribution in [2.24, 2.45) is 4.99 Å². The molecule has 3 heterocycles. The molecule has 7 heteroatoms. The molecule has 0 amide bonds. The zero-order valence-electron chi connectivity index (χ0n) is 15.0. The van der Waals surface area contributed by atoms with Gasteiger partial charge >= 0.3 is 0 Å². The van der Waals surface area contributed by atoms with E-state index in [1.807, 2.05) is 0 Å². The summed E-state index contributed by atoms with van der Waals surface area (Å²) in [5, 5.41) is 7.80. The molecule has 0 aromatic carbocycles. The third-order valence-corrected chi connectivity index (χ3v) is 5.81. The van der Waals surface area contributed by atoms with Gasteiger partial charge in [-0.15, -0.1) is 11.3 Å². The molecule has 6 nitrogen and oxygen atoms in total. The molecule has 0 aliphatic carbocycles. The van der Waals surface area contributed by atoms with Gasteiger partial charge in [0.15, 0.2) is 5.96 Å². The molecule has 0 saturated carbocycles. The predicted octanol–water partition coefficient (Wildman–Crippen LogP) is 1.68. The van der Waals surface area contributed by atoms with E-state index in [1.165, 1.54) is 24.3 Å². The third kappa shape index (κ3) is 4.46. The van der Waals surface area contributed by atoms with Gasteiger partial charge in [-0.3, -0.25) is 4.90 Å². The van der Waals surface area contributed by atoms with Gasteiger partial charge < -0.3 is 15.4 Å². The summed E-state index contributed by atoms with van der Waals surface area (Å²) in [6.07, 6.45) is 2.84. The fourth-order valence-corrected chi connectivity index (χ4v) is 4.17. The number of aromatic nitrogens is 1. The summed E-state index contributed by atoms with van der Waals surface area (Å²) in [4.78, 5) is 13.1. The van der Waals surface area contributed by atoms with Crippen LogP contribution in [0, 0.1) is 13.8 Å². The standard InChI is InChI=1S/C17H29N5OS/c1-4-18-17(20-9-16-21-12(2)13(3)24-16)19-8-15-10-22-7-5-6-14(22)11-23-15/h14-15H,4-11H2,1-3H3,(H2,18,19,20). The van der Waals surface area contributed by atoms with E-state index in [0.717, 1.165) is 42.9 Å². The lowest BCUT2D eigenvalue weighted by molar-refractivity contribution is -0.0453. The lowest BCUT2D eigenvalue weighted by atomic mass is 10.2. The maximum atomic E-state index is 6.01. The van der Waals surface area contributed by atoms with E-state index in [2.05, 4.69) is 46.3 Å². The predicted molar refractivity (Wildman–Crippen MR) is 98.7 cm³/mol. The monoisotopic (exact) mass is 351 g/mol. The molecule has 24 heavy (non-hydrogen) atoms. The Labute approximate surface area is 148 Å². The van der Waals surface area contributed by atoms with E-state index >= 15 is 0 Å². The minimum Gasteiger partial charge on any atom is -0.373 e. The first kappa shape index (κ1) is 17.6. The van der Waals surface area contributed by atoms with Crippen molar-refractivity contribution in [1.29, 1.82) is 0 Å². The van der Waals surface area contributed by atoms with Crippen LogP contribution in [-0.2, 0) is 11.3 Å². The van der Waals surface area contributed by atoms with E-state index in [0.29, 0.717) is 12.6 Å². The maximum absolute atomic E-state index is 6.01. The van der Waals surface area contributed by atoms with Gasteiger partial charge in [0.1, 0.15) is 5.01 Å². The summed E-state index contributed by atoms with van der Waals surface area (Å²) in [6, 6.07) is 0.652. The van der Waals surface area contributed by atoms with Crippen molar-refractivity contribution in [2.45, 2.75) is 52.3 Å². The Morgan fingerprint density at radius 3 is 3.04 bits per heavy atom. The van der Waals surface area contributed by atoms with Crippen LogP contribution in [0.2, 0.25) is 0 Å². The Morgan fingerprint density at radius 2 is 2.29 bits per heavy atom. The molecule has 0 bridgehead atoms. The summed E-state index contributed by atoms with van der Waals surface area (Å²) in [5.41, 5.74) is 1.11. The van der Waals surface area contributed by atoms with Crippen molar-refractivity contribution >= 4 is 17.3 Å². The van der Waals surface area contributed by atoms with Gasteiger partial charge in [-0.25, -0.2) is 9.98 Å². The molecular weight excluding hydrogens is 322 g/mol. The normalized spacial score (nSPS) is 24.9. The van der Waals surface area contributed by atoms with Gasteiger partial charge in [0.05, 0.1) is 24.9 Å². The molecule has 1 aromatic heterocycles. The van der Waals surface area contributed by atoms with Crippen molar-refractivity contribution in [3.8, 4) is 0 Å². The molecule has 2 saturated heterocycles. The highest BCUT2D eigenvalue weighted by Crippen LogP contribution is 2.22. The smallest absolute Gasteiger partial charge is 0.191 e. The first-order valence-corrected chi connectivity index (χ1v) is 9.78. The van der Waals surface area contributed by atoms with Crippen LogP contribution in [0.5, 0.6) is 0 Å². The maximum Gasteiger partial charge on any atom is 0.191 e. The molecule has 2 aliphatic rings. The average Bonchev–Trinajstić information content (AvgIpc) is 3.16. The number of ether oxygens (including phenoxy) is 1. The largest absolute Gasteiger partial charge is 0.373 e. The highest BCUT2D eigenvalue weighted by atomic mass is 32.1. The molecule has 2 aliphatic heterocycles. The van der Waals surface area contributed by atoms with E-state index in [1.54, 1.807) is 11.3 Å². The Kier molecular flexibility index (Phi) is 6.08. The number of nitrogens with zero attached hydrogens (tertiary/aromatic N) is 3. The van der Waals surface area contributed by atoms with Gasteiger partial charge in [0, 0.05) is 30.6 Å². The average molecular weight is 352 g/mol. The second kappa shape index (κ2) is 8.27. The Hall–Kier alpha value is -1.18. The molecule has 134 valence electrons. The van der Waals surface area contributed by atoms with Crippen LogP contribution in [0.1, 0.15) is 35.3 Å². The summed E-state index contributed by atoms with van der Waals surface area (Å²) in [5.74, 6) is 0.843. The summed E-state index contributed by atoms with van der Waals surface area (Å²) in [7, 11) is 0. The molecule has 0 spiro atoms. The summed E-state index contributed by atoms with van der Waals surface area (Å²) in [6.45, 7) is 11.6. The summed E-state index contributed by atoms with van der Waals surface area (Å²) < 4.78 is 6.01. The molecule has 2 N–H and O–H groups in total. The van der Waals surface area contributed by atoms with Gasteiger partial charge in [-0.1, -0.05) is 0 Å². The van der Waals surface area contributed by atoms with Crippen molar-refractivity contribution in [2.75, 3.05) is 32.8 Å². The fourth-order valence-electron chi connectivity index (χ4n) is 3.31. The van der Waals surface area contributed by atoms with Gasteiger partial charge in [0.2, 0.25) is 0 Å². The first-order chi connectivity index (χ1) is 11.7. The Bertz CT molecular complexity index is 554. The van der Waals surface area contributed by atoms with E-state index in [9.17, 15) is 0 Å². The minimum atomic E-state index is 0.243. The quantitative estimate of drug-likeness (QED) is 0.624. The minimum absolute atomic E-state index is 0.243. The number of aliphatic imine (C=N–C) groups is 1. The fraction of sp³-hybridized carbons (Fsp3) is 0.765. The number of thiazole rings is 1. The molecule has 2 atom stereocenters. The molecule has 0 radical (unpaired) electrons. The Morgan fingerprint density at radius 1 is 1.42 bits per heavy atom. The van der Waals surface area contributed by atoms with Crippen molar-refractivity contribution in [3.05, 3.63) is 15.6 Å².